The number of carbonyl (C=O) groups is 3. The van der Waals surface area contributed by atoms with Gasteiger partial charge in [-0.25, -0.2) is 4.39 Å². The van der Waals surface area contributed by atoms with Crippen molar-refractivity contribution in [1.29, 1.82) is 0 Å². The fourth-order valence-corrected chi connectivity index (χ4v) is 3.65. The Bertz CT molecular complexity index is 1200. The first-order valence-corrected chi connectivity index (χ1v) is 10.5. The number of nitrogens with zero attached hydrogens (tertiary/aromatic N) is 2. The third-order valence-electron chi connectivity index (χ3n) is 5.00. The Morgan fingerprint density at radius 2 is 1.82 bits per heavy atom. The molecule has 0 bridgehead atoms. The number of carbonyl (C=O) groups excluding carboxylic acids is 2. The standard InChI is InChI=1S/C23H24ClFN4O4/c1-23(2,3)20(22(33)26-11-17(30)31)27-21(32)18-15-5-4-6-16(24)19(15)29(28-18)12-13-7-9-14(25)10-8-13/h4-10,20H,11-12H2,1-3H3,(H,26,33)(H,27,32)(H,30,31). The van der Waals surface area contributed by atoms with E-state index in [1.807, 2.05) is 0 Å². The van der Waals surface area contributed by atoms with Gasteiger partial charge in [0, 0.05) is 5.39 Å². The maximum absolute atomic E-state index is 13.3. The normalized spacial score (nSPS) is 12.4. The molecule has 174 valence electrons. The summed E-state index contributed by atoms with van der Waals surface area (Å²) in [6, 6.07) is 9.93. The highest BCUT2D eigenvalue weighted by Crippen LogP contribution is 2.28. The van der Waals surface area contributed by atoms with Gasteiger partial charge in [-0.05, 0) is 29.2 Å². The van der Waals surface area contributed by atoms with Crippen LogP contribution in [-0.4, -0.2) is 45.3 Å². The summed E-state index contributed by atoms with van der Waals surface area (Å²) in [6.45, 7) is 4.93. The van der Waals surface area contributed by atoms with Crippen molar-refractivity contribution in [2.75, 3.05) is 6.54 Å². The highest BCUT2D eigenvalue weighted by molar-refractivity contribution is 6.35. The van der Waals surface area contributed by atoms with E-state index in [1.165, 1.54) is 12.1 Å². The van der Waals surface area contributed by atoms with Crippen molar-refractivity contribution in [2.24, 2.45) is 5.41 Å². The van der Waals surface area contributed by atoms with Crippen LogP contribution in [0.5, 0.6) is 0 Å². The summed E-state index contributed by atoms with van der Waals surface area (Å²) in [6.07, 6.45) is 0. The van der Waals surface area contributed by atoms with E-state index in [0.717, 1.165) is 5.56 Å². The first-order chi connectivity index (χ1) is 15.5. The number of amides is 2. The first-order valence-electron chi connectivity index (χ1n) is 10.2. The molecule has 3 N–H and O–H groups in total. The summed E-state index contributed by atoms with van der Waals surface area (Å²) in [5.74, 6) is -2.78. The predicted octanol–water partition coefficient (Wildman–Crippen LogP) is 3.22. The number of para-hydroxylation sites is 1. The Labute approximate surface area is 194 Å². The highest BCUT2D eigenvalue weighted by atomic mass is 35.5. The topological polar surface area (TPSA) is 113 Å². The third kappa shape index (κ3) is 5.67. The fourth-order valence-electron chi connectivity index (χ4n) is 3.38. The van der Waals surface area contributed by atoms with E-state index >= 15 is 0 Å². The molecule has 8 nitrogen and oxygen atoms in total. The van der Waals surface area contributed by atoms with Crippen molar-refractivity contribution < 1.29 is 23.9 Å². The number of fused-ring (bicyclic) bond motifs is 1. The van der Waals surface area contributed by atoms with Crippen LogP contribution in [0.2, 0.25) is 5.02 Å². The zero-order valence-electron chi connectivity index (χ0n) is 18.4. The number of rotatable bonds is 7. The van der Waals surface area contributed by atoms with Crippen LogP contribution in [0.4, 0.5) is 4.39 Å². The lowest BCUT2D eigenvalue weighted by Gasteiger charge is -2.30. The van der Waals surface area contributed by atoms with Gasteiger partial charge >= 0.3 is 5.97 Å². The number of benzene rings is 2. The first kappa shape index (κ1) is 24.2. The maximum atomic E-state index is 13.3. The quantitative estimate of drug-likeness (QED) is 0.486. The van der Waals surface area contributed by atoms with Gasteiger partial charge in [0.2, 0.25) is 5.91 Å². The smallest absolute Gasteiger partial charge is 0.322 e. The molecule has 3 aromatic rings. The van der Waals surface area contributed by atoms with Gasteiger partial charge in [0.15, 0.2) is 5.69 Å². The Balaban J connectivity index is 1.95. The summed E-state index contributed by atoms with van der Waals surface area (Å²) in [4.78, 5) is 36.6. The molecule has 1 unspecified atom stereocenters. The molecule has 1 aromatic heterocycles. The van der Waals surface area contributed by atoms with Gasteiger partial charge in [-0.1, -0.05) is 56.6 Å². The van der Waals surface area contributed by atoms with Crippen LogP contribution in [0.25, 0.3) is 10.9 Å². The predicted molar refractivity (Wildman–Crippen MR) is 122 cm³/mol. The molecule has 10 heteroatoms. The van der Waals surface area contributed by atoms with E-state index in [9.17, 15) is 18.8 Å². The fraction of sp³-hybridized carbons (Fsp3) is 0.304. The van der Waals surface area contributed by atoms with Crippen LogP contribution < -0.4 is 10.6 Å². The number of nitrogens with one attached hydrogen (secondary N) is 2. The van der Waals surface area contributed by atoms with Crippen LogP contribution in [0.1, 0.15) is 36.8 Å². The average molecular weight is 475 g/mol. The lowest BCUT2D eigenvalue weighted by molar-refractivity contribution is -0.138. The molecule has 0 fully saturated rings. The van der Waals surface area contributed by atoms with Crippen molar-refractivity contribution in [3.05, 3.63) is 64.6 Å². The number of halogens is 2. The summed E-state index contributed by atoms with van der Waals surface area (Å²) < 4.78 is 14.8. The number of hydrogen-bond acceptors (Lipinski definition) is 4. The number of aromatic nitrogens is 2. The van der Waals surface area contributed by atoms with Crippen molar-refractivity contribution in [3.63, 3.8) is 0 Å². The Morgan fingerprint density at radius 3 is 2.42 bits per heavy atom. The lowest BCUT2D eigenvalue weighted by atomic mass is 9.86. The second kappa shape index (κ2) is 9.58. The molecule has 0 saturated heterocycles. The number of carboxylic acids is 1. The molecule has 0 spiro atoms. The van der Waals surface area contributed by atoms with Gasteiger partial charge in [-0.15, -0.1) is 0 Å². The molecule has 1 atom stereocenters. The minimum atomic E-state index is -1.19. The second-order valence-electron chi connectivity index (χ2n) is 8.65. The number of aliphatic carboxylic acids is 1. The van der Waals surface area contributed by atoms with Crippen LogP contribution in [-0.2, 0) is 16.1 Å². The van der Waals surface area contributed by atoms with E-state index in [-0.39, 0.29) is 18.1 Å². The summed E-state index contributed by atoms with van der Waals surface area (Å²) in [5, 5.41) is 19.1. The lowest BCUT2D eigenvalue weighted by Crippen LogP contribution is -2.54. The molecule has 0 aliphatic rings. The SMILES string of the molecule is CC(C)(C)C(NC(=O)c1nn(Cc2ccc(F)cc2)c2c(Cl)cccc12)C(=O)NCC(=O)O. The van der Waals surface area contributed by atoms with E-state index in [2.05, 4.69) is 15.7 Å². The third-order valence-corrected chi connectivity index (χ3v) is 5.30. The average Bonchev–Trinajstić information content (AvgIpc) is 3.10. The van der Waals surface area contributed by atoms with Crippen LogP contribution in [0, 0.1) is 11.2 Å². The molecular weight excluding hydrogens is 451 g/mol. The van der Waals surface area contributed by atoms with Crippen LogP contribution in [0.3, 0.4) is 0 Å². The molecule has 2 aromatic carbocycles. The Hall–Kier alpha value is -3.46. The van der Waals surface area contributed by atoms with Gasteiger partial charge in [0.05, 0.1) is 17.1 Å². The molecule has 3 rings (SSSR count). The van der Waals surface area contributed by atoms with Gasteiger partial charge in [-0.2, -0.15) is 5.10 Å². The summed E-state index contributed by atoms with van der Waals surface area (Å²) in [7, 11) is 0. The van der Waals surface area contributed by atoms with Gasteiger partial charge in [-0.3, -0.25) is 19.1 Å². The molecule has 1 heterocycles. The zero-order chi connectivity index (χ0) is 24.3. The molecule has 0 saturated carbocycles. The molecule has 33 heavy (non-hydrogen) atoms. The Morgan fingerprint density at radius 1 is 1.15 bits per heavy atom. The summed E-state index contributed by atoms with van der Waals surface area (Å²) in [5.41, 5.74) is 0.641. The van der Waals surface area contributed by atoms with Crippen molar-refractivity contribution in [2.45, 2.75) is 33.4 Å². The monoisotopic (exact) mass is 474 g/mol. The molecule has 2 amide bonds. The minimum absolute atomic E-state index is 0.0647. The zero-order valence-corrected chi connectivity index (χ0v) is 19.1. The van der Waals surface area contributed by atoms with Crippen molar-refractivity contribution in [3.8, 4) is 0 Å². The van der Waals surface area contributed by atoms with E-state index in [4.69, 9.17) is 16.7 Å². The van der Waals surface area contributed by atoms with Crippen molar-refractivity contribution in [1.82, 2.24) is 20.4 Å². The van der Waals surface area contributed by atoms with Gasteiger partial charge in [0.25, 0.3) is 5.91 Å². The van der Waals surface area contributed by atoms with Crippen LogP contribution >= 0.6 is 11.6 Å². The highest BCUT2D eigenvalue weighted by Gasteiger charge is 2.34. The van der Waals surface area contributed by atoms with Gasteiger partial charge in [0.1, 0.15) is 18.4 Å². The summed E-state index contributed by atoms with van der Waals surface area (Å²) >= 11 is 6.40. The molecular formula is C23H24ClFN4O4. The largest absolute Gasteiger partial charge is 0.480 e. The number of carboxylic acid groups (broad SMARTS) is 1. The molecule has 0 aliphatic carbocycles. The maximum Gasteiger partial charge on any atom is 0.322 e. The van der Waals surface area contributed by atoms with E-state index < -0.39 is 35.8 Å². The molecule has 0 radical (unpaired) electrons. The van der Waals surface area contributed by atoms with Gasteiger partial charge < -0.3 is 15.7 Å². The van der Waals surface area contributed by atoms with E-state index in [0.29, 0.717) is 15.9 Å². The minimum Gasteiger partial charge on any atom is -0.480 e. The van der Waals surface area contributed by atoms with E-state index in [1.54, 1.807) is 55.8 Å². The Kier molecular flexibility index (Phi) is 7.02. The second-order valence-corrected chi connectivity index (χ2v) is 9.06. The molecule has 0 aliphatic heterocycles. The van der Waals surface area contributed by atoms with Crippen LogP contribution in [0.15, 0.2) is 42.5 Å². The number of hydrogen-bond donors (Lipinski definition) is 3. The van der Waals surface area contributed by atoms with Crippen molar-refractivity contribution >= 4 is 40.3 Å².